The third kappa shape index (κ3) is 18.9. The number of anilines is 3. The number of H-pyrrole nitrogens is 1. The van der Waals surface area contributed by atoms with Crippen LogP contribution in [0.5, 0.6) is 0 Å². The number of nitrogen functional groups attached to an aromatic ring is 3. The molecule has 0 aromatic carbocycles. The lowest BCUT2D eigenvalue weighted by Crippen LogP contribution is -2.50. The molecule has 7 rings (SSSR count). The third-order valence-corrected chi connectivity index (χ3v) is 11.2. The van der Waals surface area contributed by atoms with Crippen LogP contribution in [0.3, 0.4) is 0 Å². The van der Waals surface area contributed by atoms with Gasteiger partial charge in [0.05, 0.1) is 25.4 Å². The largest absolute Gasteiger partial charge is 0.457 e. The van der Waals surface area contributed by atoms with Gasteiger partial charge in [-0.05, 0) is 18.9 Å². The van der Waals surface area contributed by atoms with E-state index < -0.39 is 146 Å². The first-order valence-corrected chi connectivity index (χ1v) is 23.3. The number of aliphatic hydroxyl groups excluding tert-OH is 8. The summed E-state index contributed by atoms with van der Waals surface area (Å²) in [7, 11) is 0. The number of hydrogen-bond donors (Lipinski definition) is 18. The van der Waals surface area contributed by atoms with Crippen LogP contribution in [0.1, 0.15) is 53.0 Å². The van der Waals surface area contributed by atoms with E-state index in [-0.39, 0.29) is 36.1 Å². The van der Waals surface area contributed by atoms with E-state index in [1.165, 1.54) is 30.1 Å². The summed E-state index contributed by atoms with van der Waals surface area (Å²) in [6, 6.07) is -0.355. The molecule has 3 aromatic rings. The van der Waals surface area contributed by atoms with Crippen molar-refractivity contribution in [1.29, 1.82) is 0 Å². The second kappa shape index (κ2) is 30.8. The number of hydrogen-bond acceptors (Lipinski definition) is 28. The summed E-state index contributed by atoms with van der Waals surface area (Å²) in [4.78, 5) is 103. The van der Waals surface area contributed by atoms with Crippen LogP contribution in [0, 0.1) is 5.92 Å². The van der Waals surface area contributed by atoms with Crippen LogP contribution in [-0.4, -0.2) is 209 Å². The molecule has 0 radical (unpaired) electrons. The molecule has 0 spiro atoms. The van der Waals surface area contributed by atoms with Gasteiger partial charge in [-0.3, -0.25) is 29.0 Å². The van der Waals surface area contributed by atoms with Crippen molar-refractivity contribution in [2.45, 2.75) is 133 Å². The van der Waals surface area contributed by atoms with Crippen molar-refractivity contribution in [2.75, 3.05) is 30.4 Å². The number of aromatic amines is 1. The number of nitrogens with zero attached hydrogens (tertiary/aromatic N) is 9. The minimum absolute atomic E-state index is 0.0293. The summed E-state index contributed by atoms with van der Waals surface area (Å²) in [5.74, 6) is -1.24. The molecular weight excluding hydrogens is 1070 g/mol. The number of guanidine groups is 2. The van der Waals surface area contributed by atoms with Crippen LogP contribution < -0.4 is 67.4 Å². The number of carbonyl (C=O) groups excluding carboxylic acids is 4. The molecule has 4 aliphatic rings. The molecule has 4 saturated heterocycles. The predicted molar refractivity (Wildman–Crippen MR) is 265 cm³/mol. The number of nitrogens with two attached hydrogens (primary N) is 6. The highest BCUT2D eigenvalue weighted by Crippen LogP contribution is 2.36. The van der Waals surface area contributed by atoms with Gasteiger partial charge in [-0.25, -0.2) is 33.9 Å². The standard InChI is InChI=1S/C12H18N4O4.C10H15N3O4.C8H14N4O6.C7H14N4O5.C3H4N4O/c1-4-8-6(2)9(19-7(3)17)10(20-8)16-5-14-11(13)15-12(16)18;1-2-5-7(14)8(15)9(17-5)13-4-3-6(11)12-10(13)16;9-7(10-2-14)12-8(17)11-6-5(16)4(15)3(1-13)18-6;8-6(9)11-7(15)10-5-4(14)3(13)2(1-12)16-5;4-2-5-1-6-3(8)7-2/h5-6,8-10H,4H2,1-3H3,(H2,13,15,18);3-5,7-9,14-15H,2H2,1H3,(H2,11,12,16);2-6,13,15-16H,1H2,(H4,9,10,11,12,14,17);2-5,12-14H,1H2,(H5,8,9,10,11,15);1H,(H3,4,5,6,7,8)/t6-,8+,9?,10+;5-,7+,8?,9-;3-,4+,5?,6-;2-,3+,4?,5-;/m0111./s1. The summed E-state index contributed by atoms with van der Waals surface area (Å²) >= 11 is 0. The Morgan fingerprint density at radius 2 is 1.32 bits per heavy atom. The van der Waals surface area contributed by atoms with E-state index in [2.05, 4.69) is 50.5 Å². The molecule has 16 atom stereocenters. The molecule has 5 amide bonds. The van der Waals surface area contributed by atoms with Crippen molar-refractivity contribution in [3.63, 3.8) is 0 Å². The highest BCUT2D eigenvalue weighted by molar-refractivity contribution is 5.97. The molecule has 4 aliphatic heterocycles. The van der Waals surface area contributed by atoms with Crippen LogP contribution in [0.2, 0.25) is 0 Å². The topological polar surface area (TPSA) is 635 Å². The van der Waals surface area contributed by atoms with Crippen LogP contribution in [0.25, 0.3) is 0 Å². The number of amides is 5. The molecule has 79 heavy (non-hydrogen) atoms. The second-order valence-electron chi connectivity index (χ2n) is 16.7. The lowest BCUT2D eigenvalue weighted by molar-refractivity contribution is -0.153. The number of aliphatic hydroxyl groups is 8. The van der Waals surface area contributed by atoms with Crippen molar-refractivity contribution < 1.29 is 83.7 Å². The molecule has 4 unspecified atom stereocenters. The quantitative estimate of drug-likeness (QED) is 0.0388. The zero-order valence-corrected chi connectivity index (χ0v) is 42.4. The Bertz CT molecular complexity index is 2710. The number of urea groups is 2. The van der Waals surface area contributed by atoms with Gasteiger partial charge in [-0.2, -0.15) is 24.9 Å². The van der Waals surface area contributed by atoms with Crippen molar-refractivity contribution in [3.8, 4) is 0 Å². The van der Waals surface area contributed by atoms with Crippen molar-refractivity contribution in [3.05, 3.63) is 56.4 Å². The molecule has 3 aromatic heterocycles. The fourth-order valence-electron chi connectivity index (χ4n) is 7.34. The third-order valence-electron chi connectivity index (χ3n) is 11.2. The summed E-state index contributed by atoms with van der Waals surface area (Å²) < 4.78 is 28.8. The van der Waals surface area contributed by atoms with Crippen LogP contribution >= 0.6 is 0 Å². The molecule has 440 valence electrons. The Kier molecular flexibility index (Phi) is 25.5. The van der Waals surface area contributed by atoms with Gasteiger partial charge in [0, 0.05) is 19.0 Å². The lowest BCUT2D eigenvalue weighted by Gasteiger charge is -2.21. The molecule has 7 heterocycles. The van der Waals surface area contributed by atoms with Gasteiger partial charge in [-0.1, -0.05) is 20.8 Å². The maximum Gasteiger partial charge on any atom is 0.354 e. The van der Waals surface area contributed by atoms with E-state index in [0.717, 1.165) is 17.3 Å². The summed E-state index contributed by atoms with van der Waals surface area (Å²) in [6.45, 7) is 6.06. The summed E-state index contributed by atoms with van der Waals surface area (Å²) in [5, 5.41) is 81.0. The Labute approximate surface area is 444 Å². The van der Waals surface area contributed by atoms with Gasteiger partial charge in [0.1, 0.15) is 67.3 Å². The van der Waals surface area contributed by atoms with Gasteiger partial charge >= 0.3 is 35.1 Å². The minimum Gasteiger partial charge on any atom is -0.457 e. The number of aromatic nitrogens is 8. The second-order valence-corrected chi connectivity index (χ2v) is 16.7. The van der Waals surface area contributed by atoms with Gasteiger partial charge in [0.15, 0.2) is 37.0 Å². The average molecular weight is 1130 g/mol. The van der Waals surface area contributed by atoms with E-state index in [1.54, 1.807) is 0 Å². The highest BCUT2D eigenvalue weighted by Gasteiger charge is 2.47. The first kappa shape index (κ1) is 65.3. The number of rotatable bonds is 10. The zero-order chi connectivity index (χ0) is 59.4. The van der Waals surface area contributed by atoms with E-state index in [0.29, 0.717) is 6.42 Å². The van der Waals surface area contributed by atoms with E-state index in [4.69, 9.17) is 68.3 Å². The zero-order valence-electron chi connectivity index (χ0n) is 42.4. The fraction of sp³-hybridized carbons (Fsp3) is 0.600. The monoisotopic (exact) mass is 1130 g/mol. The van der Waals surface area contributed by atoms with Crippen LogP contribution in [-0.2, 0) is 33.3 Å². The Balaban J connectivity index is 0.000000265. The number of ether oxygens (including phenoxy) is 5. The number of aliphatic imine (C=N–C) groups is 2. The Hall–Kier alpha value is -7.96. The smallest absolute Gasteiger partial charge is 0.354 e. The highest BCUT2D eigenvalue weighted by atomic mass is 16.6. The molecule has 4 fully saturated rings. The Morgan fingerprint density at radius 3 is 1.77 bits per heavy atom. The first-order valence-electron chi connectivity index (χ1n) is 23.3. The van der Waals surface area contributed by atoms with Gasteiger partial charge in [0.25, 0.3) is 0 Å². The van der Waals surface area contributed by atoms with E-state index in [1.807, 2.05) is 26.1 Å². The van der Waals surface area contributed by atoms with E-state index >= 15 is 0 Å². The van der Waals surface area contributed by atoms with Crippen molar-refractivity contribution in [2.24, 2.45) is 33.1 Å². The molecule has 39 heteroatoms. The van der Waals surface area contributed by atoms with Crippen molar-refractivity contribution >= 4 is 54.1 Å². The molecule has 39 nitrogen and oxygen atoms in total. The Morgan fingerprint density at radius 1 is 0.759 bits per heavy atom. The van der Waals surface area contributed by atoms with Gasteiger partial charge in [0.2, 0.25) is 24.3 Å². The van der Waals surface area contributed by atoms with Gasteiger partial charge in [-0.15, -0.1) is 0 Å². The van der Waals surface area contributed by atoms with Crippen LogP contribution in [0.4, 0.5) is 27.3 Å². The maximum atomic E-state index is 11.9. The van der Waals surface area contributed by atoms with E-state index in [9.17, 15) is 64.2 Å². The van der Waals surface area contributed by atoms with Crippen molar-refractivity contribution in [1.82, 2.24) is 55.0 Å². The lowest BCUT2D eigenvalue weighted by atomic mass is 9.98. The summed E-state index contributed by atoms with van der Waals surface area (Å²) in [6.07, 6.45) is -9.42. The fourth-order valence-corrected chi connectivity index (χ4v) is 7.34. The predicted octanol–water partition coefficient (Wildman–Crippen LogP) is -9.70. The molecule has 24 N–H and O–H groups in total. The average Bonchev–Trinajstić information content (AvgIpc) is 4.04. The number of nitrogens with one attached hydrogen (secondary N) is 4. The van der Waals surface area contributed by atoms with Crippen LogP contribution in [0.15, 0.2) is 49.3 Å². The first-order chi connectivity index (χ1) is 37.2. The van der Waals surface area contributed by atoms with Gasteiger partial charge < -0.3 is 110 Å². The minimum atomic E-state index is -1.39. The molecular formula is C40H65N19O20. The number of carbonyl (C=O) groups is 4. The summed E-state index contributed by atoms with van der Waals surface area (Å²) in [5.41, 5.74) is 29.2. The SMILES string of the molecule is CC[C@H]1O[C@@H](n2ccc(N)nc2=O)C(O)[C@H]1O.CC[C@H]1O[C@@H](n2cnc(N)nc2=O)C(OC(C)=O)[C@H]1C.NC(=NC=O)NC(=O)N[C@@H]1O[C@H](CO)[C@H](O)C1O.NC(N)=NC(=O)N[C@@H]1O[C@H](CO)[C@H](O)C1O.Nc1ncnc(=O)[nH]1. The normalized spacial score (nSPS) is 29.5. The molecule has 0 saturated carbocycles. The number of esters is 1. The molecule has 0 aliphatic carbocycles. The molecule has 0 bridgehead atoms. The maximum absolute atomic E-state index is 11.9.